The minimum atomic E-state index is -1.44. The fraction of sp³-hybridized carbons (Fsp3) is 0.958. The average Bonchev–Trinajstić information content (AvgIpc) is 3.15. The molecular formula is C24H48N4O11. The van der Waals surface area contributed by atoms with Crippen molar-refractivity contribution < 1.29 is 54.8 Å². The zero-order valence-corrected chi connectivity index (χ0v) is 22.7. The molecule has 2 rings (SSSR count). The molecule has 0 aliphatic carbocycles. The number of nitrogens with one attached hydrogen (secondary N) is 1. The molecule has 2 heterocycles. The monoisotopic (exact) mass is 568 g/mol. The van der Waals surface area contributed by atoms with Crippen LogP contribution in [-0.4, -0.2) is 140 Å². The molecule has 14 N–H and O–H groups in total. The van der Waals surface area contributed by atoms with Crippen molar-refractivity contribution in [1.29, 1.82) is 0 Å². The van der Waals surface area contributed by atoms with E-state index in [0.29, 0.717) is 6.42 Å². The summed E-state index contributed by atoms with van der Waals surface area (Å²) in [5.74, 6) is -0.779. The van der Waals surface area contributed by atoms with Crippen LogP contribution >= 0.6 is 0 Å². The van der Waals surface area contributed by atoms with Gasteiger partial charge in [0, 0.05) is 12.5 Å². The van der Waals surface area contributed by atoms with E-state index in [-0.39, 0.29) is 25.8 Å². The van der Waals surface area contributed by atoms with Crippen molar-refractivity contribution in [2.45, 2.75) is 138 Å². The molecule has 0 saturated carbocycles. The molecule has 39 heavy (non-hydrogen) atoms. The second-order valence-electron chi connectivity index (χ2n) is 10.6. The maximum atomic E-state index is 12.5. The molecule has 0 spiro atoms. The van der Waals surface area contributed by atoms with Crippen LogP contribution in [0.25, 0.3) is 0 Å². The fourth-order valence-electron chi connectivity index (χ4n) is 4.87. The number of ether oxygens (including phenoxy) is 3. The molecule has 15 nitrogen and oxygen atoms in total. The molecule has 2 fully saturated rings. The van der Waals surface area contributed by atoms with Gasteiger partial charge in [0.05, 0.1) is 42.6 Å². The van der Waals surface area contributed by atoms with Gasteiger partial charge in [-0.05, 0) is 39.7 Å². The third-order valence-electron chi connectivity index (χ3n) is 7.51. The van der Waals surface area contributed by atoms with Crippen molar-refractivity contribution in [2.75, 3.05) is 6.54 Å². The molecule has 0 aromatic carbocycles. The van der Waals surface area contributed by atoms with Gasteiger partial charge in [-0.1, -0.05) is 6.92 Å². The zero-order valence-electron chi connectivity index (χ0n) is 22.7. The van der Waals surface area contributed by atoms with Crippen molar-refractivity contribution in [3.63, 3.8) is 0 Å². The first kappa shape index (κ1) is 34.2. The SMILES string of the molecule is CCC1OC(C[C@H](O)C(CC(N)[C@H](C)OC2OC([C@@H](C)O)C(O)C(O)C2N)NC(=O)C(O)CCN)C(O)C1O. The van der Waals surface area contributed by atoms with Gasteiger partial charge in [-0.15, -0.1) is 0 Å². The lowest BCUT2D eigenvalue weighted by atomic mass is 9.93. The number of hydrogen-bond donors (Lipinski definition) is 11. The van der Waals surface area contributed by atoms with Gasteiger partial charge in [0.25, 0.3) is 0 Å². The number of carbonyl (C=O) groups is 1. The second kappa shape index (κ2) is 15.3. The molecule has 15 heteroatoms. The van der Waals surface area contributed by atoms with E-state index >= 15 is 0 Å². The first-order chi connectivity index (χ1) is 18.2. The molecule has 1 amide bonds. The van der Waals surface area contributed by atoms with Crippen molar-refractivity contribution in [2.24, 2.45) is 17.2 Å². The van der Waals surface area contributed by atoms with E-state index in [1.807, 2.05) is 0 Å². The van der Waals surface area contributed by atoms with Gasteiger partial charge >= 0.3 is 0 Å². The third-order valence-corrected chi connectivity index (χ3v) is 7.51. The molecule has 15 atom stereocenters. The first-order valence-electron chi connectivity index (χ1n) is 13.5. The Bertz CT molecular complexity index is 753. The van der Waals surface area contributed by atoms with Crippen LogP contribution in [0.2, 0.25) is 0 Å². The lowest BCUT2D eigenvalue weighted by Crippen LogP contribution is -2.64. The van der Waals surface area contributed by atoms with Gasteiger partial charge < -0.3 is 72.5 Å². The minimum Gasteiger partial charge on any atom is -0.391 e. The van der Waals surface area contributed by atoms with Gasteiger partial charge in [-0.3, -0.25) is 4.79 Å². The van der Waals surface area contributed by atoms with Gasteiger partial charge in [-0.25, -0.2) is 0 Å². The highest BCUT2D eigenvalue weighted by Gasteiger charge is 2.46. The standard InChI is InChI=1S/C24H48N4O11/c1-4-15-18(32)19(33)16(38-15)8-14(31)12(28-23(36)13(30)5-6-25)7-11(26)10(3)37-24-17(27)20(34)21(35)22(39-24)9(2)29/h9-22,24,29-35H,4-8,25-27H2,1-3H3,(H,28,36)/t9-,10+,11?,12?,13?,14+,15?,16?,17?,18?,19?,20?,21?,22?,24?/m1/s1. The van der Waals surface area contributed by atoms with Crippen molar-refractivity contribution in [1.82, 2.24) is 5.32 Å². The number of hydrogen-bond acceptors (Lipinski definition) is 14. The van der Waals surface area contributed by atoms with Crippen molar-refractivity contribution in [3.8, 4) is 0 Å². The summed E-state index contributed by atoms with van der Waals surface area (Å²) < 4.78 is 17.1. The molecule has 0 aromatic rings. The highest BCUT2D eigenvalue weighted by molar-refractivity contribution is 5.80. The van der Waals surface area contributed by atoms with E-state index in [9.17, 15) is 40.5 Å². The predicted molar refractivity (Wildman–Crippen MR) is 137 cm³/mol. The number of nitrogens with two attached hydrogens (primary N) is 3. The molecule has 0 radical (unpaired) electrons. The summed E-state index contributed by atoms with van der Waals surface area (Å²) in [6, 6.07) is -3.04. The Kier molecular flexibility index (Phi) is 13.4. The van der Waals surface area contributed by atoms with Crippen LogP contribution in [0, 0.1) is 0 Å². The zero-order chi connectivity index (χ0) is 29.6. The lowest BCUT2D eigenvalue weighted by molar-refractivity contribution is -0.286. The average molecular weight is 569 g/mol. The molecule has 2 aliphatic heterocycles. The van der Waals surface area contributed by atoms with Gasteiger partial charge in [0.1, 0.15) is 36.6 Å². The summed E-state index contributed by atoms with van der Waals surface area (Å²) in [7, 11) is 0. The van der Waals surface area contributed by atoms with E-state index in [2.05, 4.69) is 5.32 Å². The maximum absolute atomic E-state index is 12.5. The summed E-state index contributed by atoms with van der Waals surface area (Å²) in [6.45, 7) is 4.80. The number of aliphatic hydroxyl groups excluding tert-OH is 7. The normalized spacial score (nSPS) is 38.0. The van der Waals surface area contributed by atoms with Crippen LogP contribution in [0.5, 0.6) is 0 Å². The van der Waals surface area contributed by atoms with Gasteiger partial charge in [0.2, 0.25) is 5.91 Å². The number of aliphatic hydroxyl groups is 7. The Balaban J connectivity index is 2.11. The Morgan fingerprint density at radius 3 is 2.15 bits per heavy atom. The molecule has 2 saturated heterocycles. The second-order valence-corrected chi connectivity index (χ2v) is 10.6. The third kappa shape index (κ3) is 8.72. The fourth-order valence-corrected chi connectivity index (χ4v) is 4.87. The Labute approximate surface area is 228 Å². The van der Waals surface area contributed by atoms with E-state index in [4.69, 9.17) is 31.4 Å². The van der Waals surface area contributed by atoms with E-state index in [1.54, 1.807) is 13.8 Å². The van der Waals surface area contributed by atoms with Crippen LogP contribution in [0.4, 0.5) is 0 Å². The van der Waals surface area contributed by atoms with Crippen molar-refractivity contribution in [3.05, 3.63) is 0 Å². The summed E-state index contributed by atoms with van der Waals surface area (Å²) in [6.07, 6.45) is -13.6. The van der Waals surface area contributed by atoms with E-state index in [1.165, 1.54) is 6.92 Å². The van der Waals surface area contributed by atoms with Crippen LogP contribution in [-0.2, 0) is 19.0 Å². The predicted octanol–water partition coefficient (Wildman–Crippen LogP) is -4.89. The van der Waals surface area contributed by atoms with Crippen LogP contribution in [0.15, 0.2) is 0 Å². The van der Waals surface area contributed by atoms with E-state index in [0.717, 1.165) is 0 Å². The summed E-state index contributed by atoms with van der Waals surface area (Å²) in [5.41, 5.74) is 17.7. The largest absolute Gasteiger partial charge is 0.391 e. The quantitative estimate of drug-likeness (QED) is 0.0937. The highest BCUT2D eigenvalue weighted by Crippen LogP contribution is 2.28. The summed E-state index contributed by atoms with van der Waals surface area (Å²) >= 11 is 0. The Morgan fingerprint density at radius 2 is 1.62 bits per heavy atom. The van der Waals surface area contributed by atoms with E-state index < -0.39 is 97.5 Å². The highest BCUT2D eigenvalue weighted by atomic mass is 16.7. The molecule has 12 unspecified atom stereocenters. The minimum absolute atomic E-state index is 0.00936. The van der Waals surface area contributed by atoms with Crippen molar-refractivity contribution >= 4 is 5.91 Å². The van der Waals surface area contributed by atoms with Crippen LogP contribution in [0.1, 0.15) is 46.5 Å². The number of amides is 1. The molecular weight excluding hydrogens is 520 g/mol. The van der Waals surface area contributed by atoms with Crippen LogP contribution < -0.4 is 22.5 Å². The topological polar surface area (TPSA) is 276 Å². The number of carbonyl (C=O) groups excluding carboxylic acids is 1. The summed E-state index contributed by atoms with van der Waals surface area (Å²) in [4.78, 5) is 12.5. The molecule has 0 aromatic heterocycles. The molecule has 0 bridgehead atoms. The first-order valence-corrected chi connectivity index (χ1v) is 13.5. The van der Waals surface area contributed by atoms with Crippen LogP contribution in [0.3, 0.4) is 0 Å². The number of rotatable bonds is 14. The smallest absolute Gasteiger partial charge is 0.249 e. The Hall–Kier alpha value is -1.05. The maximum Gasteiger partial charge on any atom is 0.249 e. The molecule has 2 aliphatic rings. The summed E-state index contributed by atoms with van der Waals surface area (Å²) in [5, 5.41) is 74.5. The lowest BCUT2D eigenvalue weighted by Gasteiger charge is -2.43. The Morgan fingerprint density at radius 1 is 1.00 bits per heavy atom. The molecule has 230 valence electrons. The van der Waals surface area contributed by atoms with Gasteiger partial charge in [-0.2, -0.15) is 0 Å². The van der Waals surface area contributed by atoms with Gasteiger partial charge in [0.15, 0.2) is 6.29 Å².